The molecule has 4 rings (SSSR count). The molecule has 5 atom stereocenters. The average Bonchev–Trinajstić information content (AvgIpc) is 2.84. The molecule has 2 heterocycles. The third-order valence-electron chi connectivity index (χ3n) is 5.66. The molecule has 1 fully saturated rings. The maximum Gasteiger partial charge on any atom is 0.308 e. The van der Waals surface area contributed by atoms with Gasteiger partial charge in [-0.2, -0.15) is 0 Å². The van der Waals surface area contributed by atoms with E-state index in [0.29, 0.717) is 0 Å². The molecule has 12 nitrogen and oxygen atoms in total. The largest absolute Gasteiger partial charge is 0.508 e. The van der Waals surface area contributed by atoms with Gasteiger partial charge in [0.25, 0.3) is 0 Å². The Morgan fingerprint density at radius 3 is 2.28 bits per heavy atom. The van der Waals surface area contributed by atoms with Gasteiger partial charge in [-0.1, -0.05) is 0 Å². The van der Waals surface area contributed by atoms with Gasteiger partial charge >= 0.3 is 5.97 Å². The summed E-state index contributed by atoms with van der Waals surface area (Å²) in [6.07, 6.45) is -7.38. The summed E-state index contributed by atoms with van der Waals surface area (Å²) in [6, 6.07) is 6.48. The van der Waals surface area contributed by atoms with Crippen molar-refractivity contribution in [2.75, 3.05) is 7.11 Å². The quantitative estimate of drug-likeness (QED) is 0.246. The number of esters is 1. The van der Waals surface area contributed by atoms with Gasteiger partial charge in [-0.3, -0.25) is 9.59 Å². The van der Waals surface area contributed by atoms with Gasteiger partial charge in [0.15, 0.2) is 17.1 Å². The number of phenolic OH excluding ortho intramolecular Hbond substituents is 2. The number of rotatable bonds is 5. The van der Waals surface area contributed by atoms with Gasteiger partial charge in [-0.25, -0.2) is 0 Å². The summed E-state index contributed by atoms with van der Waals surface area (Å²) < 4.78 is 27.4. The van der Waals surface area contributed by atoms with E-state index in [9.17, 15) is 35.1 Å². The van der Waals surface area contributed by atoms with Crippen LogP contribution in [0.4, 0.5) is 0 Å². The van der Waals surface area contributed by atoms with Crippen molar-refractivity contribution < 1.29 is 53.7 Å². The number of aliphatic hydroxyl groups is 3. The number of carbonyl (C=O) groups is 1. The number of hydrogen-bond donors (Lipinski definition) is 5. The molecule has 5 unspecified atom stereocenters. The molecule has 2 aromatic carbocycles. The Bertz CT molecular complexity index is 1350. The summed E-state index contributed by atoms with van der Waals surface area (Å²) in [5, 5.41) is 50.4. The molecule has 0 saturated carbocycles. The molecule has 0 bridgehead atoms. The predicted octanol–water partition coefficient (Wildman–Crippen LogP) is 1.01. The molecule has 0 aliphatic carbocycles. The van der Waals surface area contributed by atoms with Crippen LogP contribution in [0.3, 0.4) is 0 Å². The van der Waals surface area contributed by atoms with Crippen molar-refractivity contribution in [3.8, 4) is 40.1 Å². The van der Waals surface area contributed by atoms with E-state index in [0.717, 1.165) is 13.0 Å². The van der Waals surface area contributed by atoms with Crippen LogP contribution < -0.4 is 19.6 Å². The molecule has 0 amide bonds. The van der Waals surface area contributed by atoms with Crippen molar-refractivity contribution in [2.45, 2.75) is 44.6 Å². The van der Waals surface area contributed by atoms with Crippen LogP contribution in [0.2, 0.25) is 0 Å². The first-order chi connectivity index (χ1) is 17.0. The van der Waals surface area contributed by atoms with Crippen molar-refractivity contribution in [2.24, 2.45) is 0 Å². The highest BCUT2D eigenvalue weighted by Gasteiger charge is 2.44. The zero-order valence-corrected chi connectivity index (χ0v) is 19.4. The molecular formula is C24H24O12. The molecule has 0 spiro atoms. The summed E-state index contributed by atoms with van der Waals surface area (Å²) in [6.45, 7) is 2.56. The lowest BCUT2D eigenvalue weighted by Gasteiger charge is -2.38. The average molecular weight is 504 g/mol. The van der Waals surface area contributed by atoms with E-state index in [-0.39, 0.29) is 34.2 Å². The van der Waals surface area contributed by atoms with Gasteiger partial charge in [-0.15, -0.1) is 0 Å². The van der Waals surface area contributed by atoms with Gasteiger partial charge in [0.05, 0.1) is 13.2 Å². The van der Waals surface area contributed by atoms with Crippen molar-refractivity contribution in [3.63, 3.8) is 0 Å². The van der Waals surface area contributed by atoms with E-state index in [1.165, 1.54) is 38.3 Å². The molecule has 1 saturated heterocycles. The fourth-order valence-electron chi connectivity index (χ4n) is 3.81. The molecular weight excluding hydrogens is 480 g/mol. The van der Waals surface area contributed by atoms with E-state index in [4.69, 9.17) is 23.4 Å². The van der Waals surface area contributed by atoms with E-state index < -0.39 is 59.0 Å². The van der Waals surface area contributed by atoms with E-state index in [1.807, 2.05) is 0 Å². The molecule has 12 heteroatoms. The molecule has 1 aliphatic heterocycles. The van der Waals surface area contributed by atoms with Crippen LogP contribution in [0.1, 0.15) is 13.8 Å². The second kappa shape index (κ2) is 9.66. The lowest BCUT2D eigenvalue weighted by atomic mass is 10.00. The number of aromatic hydroxyl groups is 2. The Labute approximate surface area is 203 Å². The van der Waals surface area contributed by atoms with Crippen LogP contribution in [0.25, 0.3) is 22.3 Å². The summed E-state index contributed by atoms with van der Waals surface area (Å²) >= 11 is 0. The Morgan fingerprint density at radius 2 is 1.67 bits per heavy atom. The van der Waals surface area contributed by atoms with Gasteiger partial charge < -0.3 is 48.9 Å². The van der Waals surface area contributed by atoms with E-state index >= 15 is 0 Å². The third kappa shape index (κ3) is 4.42. The van der Waals surface area contributed by atoms with Gasteiger partial charge in [0.1, 0.15) is 35.2 Å². The van der Waals surface area contributed by atoms with Crippen LogP contribution in [0.5, 0.6) is 28.7 Å². The molecule has 5 N–H and O–H groups in total. The minimum absolute atomic E-state index is 0.0822. The number of fused-ring (bicyclic) bond motifs is 1. The van der Waals surface area contributed by atoms with Gasteiger partial charge in [-0.05, 0) is 31.2 Å². The standard InChI is InChI=1S/C24H24O12/c1-9-16(28)18(30)19(31)24(33-9)36-23-17(29)15-13(27)8-14(32-3)21(34-10(2)25)22(15)35-20(23)11-4-6-12(26)7-5-11/h4-9,16,18-19,24,26-28,30-31H,1-3H3. The molecule has 3 aromatic rings. The van der Waals surface area contributed by atoms with E-state index in [1.54, 1.807) is 0 Å². The number of aliphatic hydroxyl groups excluding tert-OH is 3. The normalized spacial score (nSPS) is 23.9. The van der Waals surface area contributed by atoms with Crippen molar-refractivity contribution in [1.82, 2.24) is 0 Å². The highest BCUT2D eigenvalue weighted by molar-refractivity contribution is 5.94. The number of ether oxygens (including phenoxy) is 4. The minimum Gasteiger partial charge on any atom is -0.508 e. The molecule has 1 aliphatic rings. The fraction of sp³-hybridized carbons (Fsp3) is 0.333. The molecule has 36 heavy (non-hydrogen) atoms. The number of phenols is 2. The minimum atomic E-state index is -1.75. The second-order valence-electron chi connectivity index (χ2n) is 8.16. The summed E-state index contributed by atoms with van der Waals surface area (Å²) in [5.41, 5.74) is -1.05. The maximum absolute atomic E-state index is 13.6. The van der Waals surface area contributed by atoms with Gasteiger partial charge in [0, 0.05) is 18.6 Å². The molecule has 0 radical (unpaired) electrons. The first-order valence-electron chi connectivity index (χ1n) is 10.8. The SMILES string of the molecule is COc1cc(O)c2c(=O)c(OC3OC(C)C(O)C(O)C3O)c(-c3ccc(O)cc3)oc2c1OC(C)=O. The lowest BCUT2D eigenvalue weighted by Crippen LogP contribution is -2.58. The first kappa shape index (κ1) is 25.3. The van der Waals surface area contributed by atoms with Crippen LogP contribution >= 0.6 is 0 Å². The highest BCUT2D eigenvalue weighted by atomic mass is 16.7. The van der Waals surface area contributed by atoms with Crippen LogP contribution in [0.15, 0.2) is 39.5 Å². The van der Waals surface area contributed by atoms with E-state index in [2.05, 4.69) is 0 Å². The zero-order chi connectivity index (χ0) is 26.3. The summed E-state index contributed by atoms with van der Waals surface area (Å²) in [7, 11) is 1.26. The first-order valence-corrected chi connectivity index (χ1v) is 10.8. The second-order valence-corrected chi connectivity index (χ2v) is 8.16. The monoisotopic (exact) mass is 504 g/mol. The van der Waals surface area contributed by atoms with Crippen molar-refractivity contribution in [3.05, 3.63) is 40.6 Å². The maximum atomic E-state index is 13.6. The predicted molar refractivity (Wildman–Crippen MR) is 122 cm³/mol. The molecule has 1 aromatic heterocycles. The Balaban J connectivity index is 1.99. The van der Waals surface area contributed by atoms with Crippen molar-refractivity contribution >= 4 is 16.9 Å². The lowest BCUT2D eigenvalue weighted by molar-refractivity contribution is -0.268. The fourth-order valence-corrected chi connectivity index (χ4v) is 3.81. The number of hydrogen-bond acceptors (Lipinski definition) is 12. The topological polar surface area (TPSA) is 185 Å². The Morgan fingerprint density at radius 1 is 1.00 bits per heavy atom. The number of carbonyl (C=O) groups excluding carboxylic acids is 1. The van der Waals surface area contributed by atoms with Crippen LogP contribution in [-0.4, -0.2) is 69.3 Å². The van der Waals surface area contributed by atoms with Crippen LogP contribution in [0, 0.1) is 0 Å². The number of methoxy groups -OCH3 is 1. The molecule has 192 valence electrons. The summed E-state index contributed by atoms with van der Waals surface area (Å²) in [4.78, 5) is 25.4. The van der Waals surface area contributed by atoms with Gasteiger partial charge in [0.2, 0.25) is 23.2 Å². The zero-order valence-electron chi connectivity index (χ0n) is 19.4. The third-order valence-corrected chi connectivity index (χ3v) is 5.66. The Kier molecular flexibility index (Phi) is 6.78. The van der Waals surface area contributed by atoms with Crippen LogP contribution in [-0.2, 0) is 9.53 Å². The highest BCUT2D eigenvalue weighted by Crippen LogP contribution is 2.44. The smallest absolute Gasteiger partial charge is 0.308 e. The van der Waals surface area contributed by atoms with Crippen molar-refractivity contribution in [1.29, 1.82) is 0 Å². The Hall–Kier alpha value is -3.84. The number of benzene rings is 2. The summed E-state index contributed by atoms with van der Waals surface area (Å²) in [5.74, 6) is -2.55.